The van der Waals surface area contributed by atoms with E-state index in [-0.39, 0.29) is 6.10 Å². The van der Waals surface area contributed by atoms with E-state index < -0.39 is 0 Å². The minimum atomic E-state index is -0.282. The lowest BCUT2D eigenvalue weighted by Crippen LogP contribution is -2.19. The lowest BCUT2D eigenvalue weighted by molar-refractivity contribution is -0.133. The molecule has 1 saturated carbocycles. The number of rotatable bonds is 8. The molecule has 2 heterocycles. The van der Waals surface area contributed by atoms with Crippen molar-refractivity contribution in [1.82, 2.24) is 15.2 Å². The van der Waals surface area contributed by atoms with E-state index in [9.17, 15) is 4.79 Å². The maximum Gasteiger partial charge on any atom is 0.293 e. The Morgan fingerprint density at radius 3 is 2.96 bits per heavy atom. The third-order valence-electron chi connectivity index (χ3n) is 3.98. The van der Waals surface area contributed by atoms with Crippen molar-refractivity contribution in [3.8, 4) is 5.75 Å². The van der Waals surface area contributed by atoms with E-state index in [0.29, 0.717) is 36.1 Å². The summed E-state index contributed by atoms with van der Waals surface area (Å²) in [6, 6.07) is 1.81. The van der Waals surface area contributed by atoms with Crippen LogP contribution in [0, 0.1) is 0 Å². The smallest absolute Gasteiger partial charge is 0.293 e. The number of hydrogen-bond acceptors (Lipinski definition) is 5. The summed E-state index contributed by atoms with van der Waals surface area (Å²) in [6.45, 7) is 0.488. The van der Waals surface area contributed by atoms with Gasteiger partial charge in [0.2, 0.25) is 0 Å². The van der Waals surface area contributed by atoms with Gasteiger partial charge in [-0.2, -0.15) is 5.10 Å². The van der Waals surface area contributed by atoms with Crippen LogP contribution < -0.4 is 4.74 Å². The Bertz CT molecular complexity index is 685. The van der Waals surface area contributed by atoms with E-state index in [4.69, 9.17) is 21.1 Å². The summed E-state index contributed by atoms with van der Waals surface area (Å²) < 4.78 is 10.4. The molecule has 0 amide bonds. The van der Waals surface area contributed by atoms with Gasteiger partial charge >= 0.3 is 0 Å². The molecule has 6 nitrogen and oxygen atoms in total. The van der Waals surface area contributed by atoms with Crippen LogP contribution in [0.15, 0.2) is 18.5 Å². The average molecular weight is 336 g/mol. The van der Waals surface area contributed by atoms with Gasteiger partial charge in [0.1, 0.15) is 6.10 Å². The van der Waals surface area contributed by atoms with Gasteiger partial charge in [0.15, 0.2) is 10.9 Å². The van der Waals surface area contributed by atoms with Crippen molar-refractivity contribution in [2.24, 2.45) is 0 Å². The molecular formula is C16H18ClN3O3. The van der Waals surface area contributed by atoms with Crippen LogP contribution in [0.2, 0.25) is 5.15 Å². The van der Waals surface area contributed by atoms with Crippen LogP contribution in [0.25, 0.3) is 0 Å². The van der Waals surface area contributed by atoms with E-state index in [1.807, 2.05) is 12.3 Å². The van der Waals surface area contributed by atoms with E-state index in [1.54, 1.807) is 13.3 Å². The Morgan fingerprint density at radius 2 is 2.26 bits per heavy atom. The van der Waals surface area contributed by atoms with Gasteiger partial charge in [0.25, 0.3) is 6.47 Å². The quantitative estimate of drug-likeness (QED) is 0.593. The van der Waals surface area contributed by atoms with Crippen molar-refractivity contribution in [2.75, 3.05) is 7.11 Å². The number of hydrogen-bond donors (Lipinski definition) is 1. The van der Waals surface area contributed by atoms with Crippen LogP contribution in [0.3, 0.4) is 0 Å². The van der Waals surface area contributed by atoms with Gasteiger partial charge in [0.05, 0.1) is 13.3 Å². The molecule has 1 atom stereocenters. The molecule has 0 aliphatic heterocycles. The number of carbonyl (C=O) groups excluding carboxylic acids is 1. The predicted octanol–water partition coefficient (Wildman–Crippen LogP) is 2.67. The molecular weight excluding hydrogens is 318 g/mol. The number of methoxy groups -OCH3 is 1. The van der Waals surface area contributed by atoms with E-state index in [0.717, 1.165) is 16.8 Å². The summed E-state index contributed by atoms with van der Waals surface area (Å²) in [5, 5.41) is 7.50. The summed E-state index contributed by atoms with van der Waals surface area (Å²) >= 11 is 5.94. The molecule has 7 heteroatoms. The Hall–Kier alpha value is -2.08. The first-order valence-electron chi connectivity index (χ1n) is 7.51. The number of pyridine rings is 1. The maximum absolute atomic E-state index is 10.8. The summed E-state index contributed by atoms with van der Waals surface area (Å²) in [5.41, 5.74) is 3.17. The normalized spacial score (nSPS) is 15.2. The second kappa shape index (κ2) is 7.00. The number of aromatic amines is 1. The number of carbonyl (C=O) groups is 1. The van der Waals surface area contributed by atoms with Gasteiger partial charge in [-0.15, -0.1) is 0 Å². The fourth-order valence-corrected chi connectivity index (χ4v) is 2.87. The van der Waals surface area contributed by atoms with Crippen molar-refractivity contribution in [2.45, 2.75) is 37.7 Å². The fraction of sp³-hybridized carbons (Fsp3) is 0.438. The van der Waals surface area contributed by atoms with Crippen molar-refractivity contribution in [3.05, 3.63) is 40.4 Å². The monoisotopic (exact) mass is 335 g/mol. The third-order valence-corrected chi connectivity index (χ3v) is 4.26. The van der Waals surface area contributed by atoms with Gasteiger partial charge in [-0.1, -0.05) is 11.6 Å². The van der Waals surface area contributed by atoms with Crippen molar-refractivity contribution in [3.63, 3.8) is 0 Å². The largest absolute Gasteiger partial charge is 0.494 e. The van der Waals surface area contributed by atoms with E-state index in [1.165, 1.54) is 12.8 Å². The average Bonchev–Trinajstić information content (AvgIpc) is 3.29. The number of halogens is 1. The first kappa shape index (κ1) is 15.8. The molecule has 1 fully saturated rings. The van der Waals surface area contributed by atoms with E-state index >= 15 is 0 Å². The molecule has 1 aliphatic carbocycles. The first-order valence-corrected chi connectivity index (χ1v) is 7.88. The van der Waals surface area contributed by atoms with Gasteiger partial charge < -0.3 is 9.47 Å². The first-order chi connectivity index (χ1) is 11.2. The van der Waals surface area contributed by atoms with Gasteiger partial charge in [-0.05, 0) is 30.0 Å². The highest BCUT2D eigenvalue weighted by Gasteiger charge is 2.28. The SMILES string of the molecule is COc1cc(CC(Cc2cn[nH]c2C2CC2)OC=O)cnc1Cl. The van der Waals surface area contributed by atoms with E-state index in [2.05, 4.69) is 15.2 Å². The van der Waals surface area contributed by atoms with Crippen LogP contribution in [-0.2, 0) is 22.4 Å². The van der Waals surface area contributed by atoms with Gasteiger partial charge in [-0.25, -0.2) is 4.98 Å². The number of H-pyrrole nitrogens is 1. The van der Waals surface area contributed by atoms with Crippen LogP contribution in [0.5, 0.6) is 5.75 Å². The zero-order valence-electron chi connectivity index (χ0n) is 12.8. The summed E-state index contributed by atoms with van der Waals surface area (Å²) in [6.07, 6.45) is 6.73. The molecule has 23 heavy (non-hydrogen) atoms. The third kappa shape index (κ3) is 3.82. The van der Waals surface area contributed by atoms with Crippen molar-refractivity contribution in [1.29, 1.82) is 0 Å². The maximum atomic E-state index is 10.8. The Balaban J connectivity index is 1.73. The number of ether oxygens (including phenoxy) is 2. The van der Waals surface area contributed by atoms with Crippen molar-refractivity contribution < 1.29 is 14.3 Å². The highest BCUT2D eigenvalue weighted by atomic mass is 35.5. The highest BCUT2D eigenvalue weighted by molar-refractivity contribution is 6.30. The predicted molar refractivity (Wildman–Crippen MR) is 84.7 cm³/mol. The van der Waals surface area contributed by atoms with Crippen LogP contribution in [0.1, 0.15) is 35.6 Å². The van der Waals surface area contributed by atoms with Gasteiger partial charge in [0, 0.05) is 30.7 Å². The van der Waals surface area contributed by atoms with Crippen LogP contribution in [0.4, 0.5) is 0 Å². The molecule has 0 bridgehead atoms. The Labute approximate surface area is 139 Å². The second-order valence-corrected chi connectivity index (χ2v) is 6.04. The molecule has 1 N–H and O–H groups in total. The lowest BCUT2D eigenvalue weighted by atomic mass is 10.0. The molecule has 1 unspecified atom stereocenters. The standard InChI is InChI=1S/C16H18ClN3O3/c1-22-14-5-10(7-18-16(14)17)4-13(23-9-21)6-12-8-19-20-15(12)11-2-3-11/h5,7-9,11,13H,2-4,6H2,1H3,(H,19,20). The number of nitrogens with one attached hydrogen (secondary N) is 1. The molecule has 0 saturated heterocycles. The molecule has 3 rings (SSSR count). The Morgan fingerprint density at radius 1 is 1.43 bits per heavy atom. The molecule has 2 aromatic rings. The Kier molecular flexibility index (Phi) is 4.81. The fourth-order valence-electron chi connectivity index (χ4n) is 2.69. The van der Waals surface area contributed by atoms with Crippen LogP contribution in [-0.4, -0.2) is 34.9 Å². The molecule has 0 spiro atoms. The highest BCUT2D eigenvalue weighted by Crippen LogP contribution is 2.40. The molecule has 0 radical (unpaired) electrons. The summed E-state index contributed by atoms with van der Waals surface area (Å²) in [5.74, 6) is 1.08. The van der Waals surface area contributed by atoms with Crippen molar-refractivity contribution >= 4 is 18.1 Å². The minimum Gasteiger partial charge on any atom is -0.494 e. The summed E-state index contributed by atoms with van der Waals surface area (Å²) in [7, 11) is 1.54. The zero-order chi connectivity index (χ0) is 16.2. The number of aromatic nitrogens is 3. The zero-order valence-corrected chi connectivity index (χ0v) is 13.5. The number of nitrogens with zero attached hydrogens (tertiary/aromatic N) is 2. The second-order valence-electron chi connectivity index (χ2n) is 5.68. The lowest BCUT2D eigenvalue weighted by Gasteiger charge is -2.16. The minimum absolute atomic E-state index is 0.282. The molecule has 2 aromatic heterocycles. The topological polar surface area (TPSA) is 77.1 Å². The molecule has 122 valence electrons. The molecule has 0 aromatic carbocycles. The van der Waals surface area contributed by atoms with Gasteiger partial charge in [-0.3, -0.25) is 9.89 Å². The van der Waals surface area contributed by atoms with Crippen LogP contribution >= 0.6 is 11.6 Å². The summed E-state index contributed by atoms with van der Waals surface area (Å²) in [4.78, 5) is 14.9. The molecule has 1 aliphatic rings.